The van der Waals surface area contributed by atoms with E-state index in [2.05, 4.69) is 20.7 Å². The second kappa shape index (κ2) is 8.09. The average Bonchev–Trinajstić information content (AvgIpc) is 3.09. The smallest absolute Gasteiger partial charge is 0.310 e. The molecule has 1 fully saturated rings. The van der Waals surface area contributed by atoms with E-state index in [1.165, 1.54) is 13.2 Å². The summed E-state index contributed by atoms with van der Waals surface area (Å²) < 4.78 is 51.9. The molecule has 0 radical (unpaired) electrons. The van der Waals surface area contributed by atoms with E-state index in [1.54, 1.807) is 0 Å². The van der Waals surface area contributed by atoms with E-state index >= 15 is 0 Å². The van der Waals surface area contributed by atoms with E-state index in [1.807, 2.05) is 13.8 Å². The molecule has 0 spiro atoms. The standard InChI is InChI=1S/C17H16BrCl2F3O3/c1-17(2)9(4-10(19)20)11(17)16(24)26-6-7-12(18)13(21)8(5-25-3)15(23)14(7)22/h4,9,11H,5-6H2,1-3H3/t9-,11+/m1/s1. The van der Waals surface area contributed by atoms with Crippen molar-refractivity contribution in [3.8, 4) is 0 Å². The van der Waals surface area contributed by atoms with Crippen LogP contribution in [0.1, 0.15) is 25.0 Å². The van der Waals surface area contributed by atoms with Gasteiger partial charge in [-0.2, -0.15) is 0 Å². The number of hydrogen-bond acceptors (Lipinski definition) is 3. The normalized spacial score (nSPS) is 20.7. The van der Waals surface area contributed by atoms with Gasteiger partial charge in [0.15, 0.2) is 11.6 Å². The van der Waals surface area contributed by atoms with Crippen LogP contribution in [0.2, 0.25) is 0 Å². The van der Waals surface area contributed by atoms with Crippen molar-refractivity contribution in [2.45, 2.75) is 27.1 Å². The first-order valence-corrected chi connectivity index (χ1v) is 9.11. The third-order valence-electron chi connectivity index (χ3n) is 4.56. The molecule has 144 valence electrons. The SMILES string of the molecule is COCc1c(F)c(F)c(COC(=O)[C@@H]2[C@@H](C=C(Cl)Cl)C2(C)C)c(Br)c1F. The van der Waals surface area contributed by atoms with E-state index in [0.717, 1.165) is 0 Å². The van der Waals surface area contributed by atoms with Gasteiger partial charge in [0.25, 0.3) is 0 Å². The molecule has 3 nitrogen and oxygen atoms in total. The molecule has 9 heteroatoms. The minimum atomic E-state index is -1.37. The summed E-state index contributed by atoms with van der Waals surface area (Å²) in [5, 5.41) is 0. The molecule has 0 aliphatic heterocycles. The van der Waals surface area contributed by atoms with Gasteiger partial charge in [0, 0.05) is 12.7 Å². The highest BCUT2D eigenvalue weighted by Gasteiger charge is 2.61. The van der Waals surface area contributed by atoms with Crippen molar-refractivity contribution >= 4 is 45.1 Å². The van der Waals surface area contributed by atoms with Gasteiger partial charge in [-0.15, -0.1) is 0 Å². The number of carbonyl (C=O) groups is 1. The Kier molecular flexibility index (Phi) is 6.70. The zero-order chi connectivity index (χ0) is 19.8. The number of methoxy groups -OCH3 is 1. The highest BCUT2D eigenvalue weighted by atomic mass is 79.9. The van der Waals surface area contributed by atoms with Crippen LogP contribution in [0.15, 0.2) is 15.0 Å². The number of halogens is 6. The number of carbonyl (C=O) groups excluding carboxylic acids is 1. The van der Waals surface area contributed by atoms with Gasteiger partial charge in [-0.25, -0.2) is 13.2 Å². The topological polar surface area (TPSA) is 35.5 Å². The second-order valence-electron chi connectivity index (χ2n) is 6.53. The fourth-order valence-corrected chi connectivity index (χ4v) is 3.73. The zero-order valence-electron chi connectivity index (χ0n) is 14.1. The summed E-state index contributed by atoms with van der Waals surface area (Å²) in [7, 11) is 1.23. The number of esters is 1. The van der Waals surface area contributed by atoms with Gasteiger partial charge in [0.05, 0.1) is 22.6 Å². The van der Waals surface area contributed by atoms with Crippen LogP contribution in [-0.2, 0) is 27.5 Å². The average molecular weight is 476 g/mol. The largest absolute Gasteiger partial charge is 0.460 e. The number of rotatable bonds is 6. The molecule has 0 heterocycles. The van der Waals surface area contributed by atoms with Crippen LogP contribution in [0, 0.1) is 34.7 Å². The van der Waals surface area contributed by atoms with E-state index < -0.39 is 59.1 Å². The third kappa shape index (κ3) is 4.06. The Balaban J connectivity index is 2.18. The molecule has 0 amide bonds. The molecule has 2 atom stereocenters. The van der Waals surface area contributed by atoms with Crippen LogP contribution in [0.25, 0.3) is 0 Å². The maximum atomic E-state index is 14.2. The minimum Gasteiger partial charge on any atom is -0.460 e. The first kappa shape index (κ1) is 21.5. The van der Waals surface area contributed by atoms with E-state index in [9.17, 15) is 18.0 Å². The van der Waals surface area contributed by atoms with Crippen molar-refractivity contribution in [1.29, 1.82) is 0 Å². The van der Waals surface area contributed by atoms with Gasteiger partial charge < -0.3 is 9.47 Å². The van der Waals surface area contributed by atoms with Crippen LogP contribution >= 0.6 is 39.1 Å². The van der Waals surface area contributed by atoms with Gasteiger partial charge in [0.1, 0.15) is 16.9 Å². The molecule has 1 aromatic carbocycles. The number of benzene rings is 1. The highest BCUT2D eigenvalue weighted by molar-refractivity contribution is 9.10. The molecule has 1 saturated carbocycles. The molecular formula is C17H16BrCl2F3O3. The Morgan fingerprint density at radius 2 is 1.73 bits per heavy atom. The van der Waals surface area contributed by atoms with E-state index in [-0.39, 0.29) is 14.9 Å². The maximum absolute atomic E-state index is 14.2. The Bertz CT molecular complexity index is 735. The molecule has 0 bridgehead atoms. The Morgan fingerprint density at radius 1 is 1.15 bits per heavy atom. The fraction of sp³-hybridized carbons (Fsp3) is 0.471. The van der Waals surface area contributed by atoms with Gasteiger partial charge in [-0.3, -0.25) is 4.79 Å². The predicted molar refractivity (Wildman–Crippen MR) is 95.1 cm³/mol. The van der Waals surface area contributed by atoms with Crippen LogP contribution in [0.5, 0.6) is 0 Å². The van der Waals surface area contributed by atoms with Gasteiger partial charge in [0.2, 0.25) is 0 Å². The van der Waals surface area contributed by atoms with E-state index in [0.29, 0.717) is 0 Å². The molecule has 1 aliphatic carbocycles. The molecule has 26 heavy (non-hydrogen) atoms. The monoisotopic (exact) mass is 474 g/mol. The first-order chi connectivity index (χ1) is 12.0. The van der Waals surface area contributed by atoms with Crippen LogP contribution in [-0.4, -0.2) is 13.1 Å². The summed E-state index contributed by atoms with van der Waals surface area (Å²) in [5.41, 5.74) is -1.40. The highest BCUT2D eigenvalue weighted by Crippen LogP contribution is 2.60. The number of hydrogen-bond donors (Lipinski definition) is 0. The summed E-state index contributed by atoms with van der Waals surface area (Å²) in [6, 6.07) is 0. The lowest BCUT2D eigenvalue weighted by Crippen LogP contribution is -2.13. The molecule has 1 aliphatic rings. The van der Waals surface area contributed by atoms with Gasteiger partial charge in [-0.1, -0.05) is 37.0 Å². The molecule has 0 N–H and O–H groups in total. The van der Waals surface area contributed by atoms with Gasteiger partial charge >= 0.3 is 5.97 Å². The van der Waals surface area contributed by atoms with Crippen molar-refractivity contribution < 1.29 is 27.4 Å². The van der Waals surface area contributed by atoms with Crippen LogP contribution < -0.4 is 0 Å². The first-order valence-electron chi connectivity index (χ1n) is 7.56. The second-order valence-corrected chi connectivity index (χ2v) is 8.34. The van der Waals surface area contributed by atoms with Crippen LogP contribution in [0.4, 0.5) is 13.2 Å². The summed E-state index contributed by atoms with van der Waals surface area (Å²) in [4.78, 5) is 12.3. The number of ether oxygens (including phenoxy) is 2. The van der Waals surface area contributed by atoms with Gasteiger partial charge in [-0.05, 0) is 33.3 Å². The molecule has 0 saturated heterocycles. The summed E-state index contributed by atoms with van der Waals surface area (Å²) >= 11 is 14.1. The third-order valence-corrected chi connectivity index (χ3v) is 5.64. The lowest BCUT2D eigenvalue weighted by atomic mass is 10.1. The summed E-state index contributed by atoms with van der Waals surface area (Å²) in [6.07, 6.45) is 1.53. The van der Waals surface area contributed by atoms with Crippen molar-refractivity contribution in [3.05, 3.63) is 43.6 Å². The van der Waals surface area contributed by atoms with Crippen molar-refractivity contribution in [1.82, 2.24) is 0 Å². The van der Waals surface area contributed by atoms with Crippen molar-refractivity contribution in [2.75, 3.05) is 7.11 Å². The maximum Gasteiger partial charge on any atom is 0.310 e. The summed E-state index contributed by atoms with van der Waals surface area (Å²) in [6.45, 7) is 2.60. The molecule has 0 unspecified atom stereocenters. The van der Waals surface area contributed by atoms with Crippen LogP contribution in [0.3, 0.4) is 0 Å². The van der Waals surface area contributed by atoms with Crippen molar-refractivity contribution in [2.24, 2.45) is 17.3 Å². The summed E-state index contributed by atoms with van der Waals surface area (Å²) in [5.74, 6) is -5.06. The minimum absolute atomic E-state index is 0.0324. The lowest BCUT2D eigenvalue weighted by Gasteiger charge is -2.13. The molecule has 1 aromatic rings. The van der Waals surface area contributed by atoms with E-state index in [4.69, 9.17) is 27.9 Å². The zero-order valence-corrected chi connectivity index (χ0v) is 17.2. The Labute approximate surface area is 167 Å². The predicted octanol–water partition coefficient (Wildman–Crippen LogP) is 5.65. The fourth-order valence-electron chi connectivity index (χ4n) is 2.93. The Hall–Kier alpha value is -0.760. The molecular weight excluding hydrogens is 460 g/mol. The molecule has 0 aromatic heterocycles. The molecule has 2 rings (SSSR count). The quantitative estimate of drug-likeness (QED) is 0.394. The van der Waals surface area contributed by atoms with Crippen molar-refractivity contribution in [3.63, 3.8) is 0 Å². The Morgan fingerprint density at radius 3 is 2.27 bits per heavy atom. The lowest BCUT2D eigenvalue weighted by molar-refractivity contribution is -0.147. The number of allylic oxidation sites excluding steroid dienone is 1.